The largest absolute Gasteiger partial charge is 0.486 e. The number of hydrogen-bond acceptors (Lipinski definition) is 2. The molecule has 0 spiro atoms. The summed E-state index contributed by atoms with van der Waals surface area (Å²) in [5.41, 5.74) is 0.837. The molecule has 1 unspecified atom stereocenters. The van der Waals surface area contributed by atoms with E-state index in [-0.39, 0.29) is 23.2 Å². The third-order valence-electron chi connectivity index (χ3n) is 2.87. The van der Waals surface area contributed by atoms with E-state index in [4.69, 9.17) is 4.74 Å². The molecule has 2 heteroatoms. The summed E-state index contributed by atoms with van der Waals surface area (Å²) in [6.07, 6.45) is 1.59. The van der Waals surface area contributed by atoms with Crippen LogP contribution < -0.4 is 0 Å². The minimum atomic E-state index is -0.225. The minimum Gasteiger partial charge on any atom is -0.486 e. The second-order valence-electron chi connectivity index (χ2n) is 5.91. The average molecular weight is 224 g/mol. The van der Waals surface area contributed by atoms with Gasteiger partial charge < -0.3 is 4.74 Å². The SMILES string of the molecule is CCCC1OC(C(C)(C)C)=C(C(C)C)C1=O. The molecule has 16 heavy (non-hydrogen) atoms. The van der Waals surface area contributed by atoms with Crippen LogP contribution in [0.1, 0.15) is 54.4 Å². The van der Waals surface area contributed by atoms with Gasteiger partial charge in [-0.3, -0.25) is 4.79 Å². The van der Waals surface area contributed by atoms with Gasteiger partial charge in [-0.25, -0.2) is 0 Å². The molecule has 0 aromatic rings. The molecule has 92 valence electrons. The summed E-state index contributed by atoms with van der Waals surface area (Å²) >= 11 is 0. The number of Topliss-reactive ketones (excluding diaryl/α,β-unsaturated/α-hetero) is 1. The number of hydrogen-bond donors (Lipinski definition) is 0. The molecular formula is C14H24O2. The number of ether oxygens (including phenoxy) is 1. The van der Waals surface area contributed by atoms with E-state index < -0.39 is 0 Å². The quantitative estimate of drug-likeness (QED) is 0.730. The van der Waals surface area contributed by atoms with Crippen LogP contribution in [0.15, 0.2) is 11.3 Å². The fraction of sp³-hybridized carbons (Fsp3) is 0.786. The van der Waals surface area contributed by atoms with Crippen molar-refractivity contribution in [1.82, 2.24) is 0 Å². The van der Waals surface area contributed by atoms with Gasteiger partial charge in [-0.1, -0.05) is 48.0 Å². The highest BCUT2D eigenvalue weighted by Gasteiger charge is 2.39. The number of allylic oxidation sites excluding steroid dienone is 1. The van der Waals surface area contributed by atoms with E-state index in [0.29, 0.717) is 0 Å². The lowest BCUT2D eigenvalue weighted by atomic mass is 9.86. The molecular weight excluding hydrogens is 200 g/mol. The summed E-state index contributed by atoms with van der Waals surface area (Å²) in [5.74, 6) is 1.37. The van der Waals surface area contributed by atoms with Crippen LogP contribution in [-0.2, 0) is 9.53 Å². The predicted octanol–water partition coefficient (Wildman–Crippen LogP) is 3.71. The van der Waals surface area contributed by atoms with Crippen LogP contribution in [0.3, 0.4) is 0 Å². The lowest BCUT2D eigenvalue weighted by molar-refractivity contribution is -0.122. The van der Waals surface area contributed by atoms with Crippen LogP contribution in [0.2, 0.25) is 0 Å². The van der Waals surface area contributed by atoms with Crippen LogP contribution in [0, 0.1) is 11.3 Å². The Morgan fingerprint density at radius 1 is 1.31 bits per heavy atom. The minimum absolute atomic E-state index is 0.0717. The number of ketones is 1. The Kier molecular flexibility index (Phi) is 3.82. The van der Waals surface area contributed by atoms with Gasteiger partial charge in [-0.2, -0.15) is 0 Å². The Balaban J connectivity index is 3.05. The zero-order valence-corrected chi connectivity index (χ0v) is 11.4. The highest BCUT2D eigenvalue weighted by molar-refractivity contribution is 6.01. The second-order valence-corrected chi connectivity index (χ2v) is 5.91. The molecule has 0 amide bonds. The van der Waals surface area contributed by atoms with Crippen molar-refractivity contribution in [2.24, 2.45) is 11.3 Å². The average Bonchev–Trinajstić information content (AvgIpc) is 2.44. The van der Waals surface area contributed by atoms with Gasteiger partial charge in [0, 0.05) is 11.0 Å². The zero-order chi connectivity index (χ0) is 12.5. The van der Waals surface area contributed by atoms with Crippen LogP contribution in [0.4, 0.5) is 0 Å². The van der Waals surface area contributed by atoms with Gasteiger partial charge in [-0.15, -0.1) is 0 Å². The molecule has 0 aliphatic carbocycles. The van der Waals surface area contributed by atoms with E-state index in [1.165, 1.54) is 0 Å². The standard InChI is InChI=1S/C14H24O2/c1-7-8-10-12(15)11(9(2)3)13(16-10)14(4,5)6/h9-10H,7-8H2,1-6H3. The van der Waals surface area contributed by atoms with Crippen LogP contribution in [-0.4, -0.2) is 11.9 Å². The number of carbonyl (C=O) groups excluding carboxylic acids is 1. The highest BCUT2D eigenvalue weighted by atomic mass is 16.5. The maximum absolute atomic E-state index is 12.2. The smallest absolute Gasteiger partial charge is 0.202 e. The van der Waals surface area contributed by atoms with Gasteiger partial charge in [-0.05, 0) is 12.3 Å². The summed E-state index contributed by atoms with van der Waals surface area (Å²) in [4.78, 5) is 12.2. The molecule has 1 aliphatic heterocycles. The predicted molar refractivity (Wildman–Crippen MR) is 66.1 cm³/mol. The number of rotatable bonds is 3. The molecule has 0 bridgehead atoms. The van der Waals surface area contributed by atoms with E-state index in [2.05, 4.69) is 41.5 Å². The van der Waals surface area contributed by atoms with Crippen molar-refractivity contribution in [2.75, 3.05) is 0 Å². The van der Waals surface area contributed by atoms with Crippen molar-refractivity contribution < 1.29 is 9.53 Å². The Labute approximate surface area is 99.1 Å². The monoisotopic (exact) mass is 224 g/mol. The van der Waals surface area contributed by atoms with Crippen molar-refractivity contribution >= 4 is 5.78 Å². The third kappa shape index (κ3) is 2.47. The molecule has 1 aliphatic rings. The topological polar surface area (TPSA) is 26.3 Å². The van der Waals surface area contributed by atoms with Gasteiger partial charge in [0.2, 0.25) is 5.78 Å². The van der Waals surface area contributed by atoms with Crippen molar-refractivity contribution in [1.29, 1.82) is 0 Å². The van der Waals surface area contributed by atoms with E-state index >= 15 is 0 Å². The summed E-state index contributed by atoms with van der Waals surface area (Å²) in [6, 6.07) is 0. The summed E-state index contributed by atoms with van der Waals surface area (Å²) in [6.45, 7) is 12.5. The van der Waals surface area contributed by atoms with E-state index in [1.54, 1.807) is 0 Å². The maximum atomic E-state index is 12.2. The molecule has 0 saturated carbocycles. The van der Waals surface area contributed by atoms with Gasteiger partial charge in [0.1, 0.15) is 5.76 Å². The van der Waals surface area contributed by atoms with E-state index in [1.807, 2.05) is 0 Å². The normalized spacial score (nSPS) is 21.9. The van der Waals surface area contributed by atoms with Gasteiger partial charge in [0.25, 0.3) is 0 Å². The lowest BCUT2D eigenvalue weighted by Crippen LogP contribution is -2.19. The molecule has 0 N–H and O–H groups in total. The van der Waals surface area contributed by atoms with Crippen LogP contribution in [0.5, 0.6) is 0 Å². The van der Waals surface area contributed by atoms with Crippen molar-refractivity contribution in [2.45, 2.75) is 60.5 Å². The molecule has 1 heterocycles. The molecule has 0 aromatic carbocycles. The molecule has 1 atom stereocenters. The van der Waals surface area contributed by atoms with Crippen molar-refractivity contribution in [3.8, 4) is 0 Å². The fourth-order valence-corrected chi connectivity index (χ4v) is 2.12. The maximum Gasteiger partial charge on any atom is 0.202 e. The summed E-state index contributed by atoms with van der Waals surface area (Å²) in [5, 5.41) is 0. The Morgan fingerprint density at radius 3 is 2.19 bits per heavy atom. The Bertz CT molecular complexity index is 305. The van der Waals surface area contributed by atoms with E-state index in [9.17, 15) is 4.79 Å². The van der Waals surface area contributed by atoms with Crippen LogP contribution >= 0.6 is 0 Å². The molecule has 2 nitrogen and oxygen atoms in total. The lowest BCUT2D eigenvalue weighted by Gasteiger charge is -2.23. The molecule has 0 saturated heterocycles. The molecule has 1 rings (SSSR count). The summed E-state index contributed by atoms with van der Waals surface area (Å²) in [7, 11) is 0. The first-order valence-corrected chi connectivity index (χ1v) is 6.24. The Morgan fingerprint density at radius 2 is 1.88 bits per heavy atom. The first-order valence-electron chi connectivity index (χ1n) is 6.24. The number of carbonyl (C=O) groups is 1. The van der Waals surface area contributed by atoms with Crippen molar-refractivity contribution in [3.63, 3.8) is 0 Å². The molecule has 0 aromatic heterocycles. The van der Waals surface area contributed by atoms with E-state index in [0.717, 1.165) is 24.2 Å². The third-order valence-corrected chi connectivity index (χ3v) is 2.87. The van der Waals surface area contributed by atoms with Gasteiger partial charge in [0.05, 0.1) is 0 Å². The second kappa shape index (κ2) is 4.60. The molecule has 0 fully saturated rings. The van der Waals surface area contributed by atoms with Crippen LogP contribution in [0.25, 0.3) is 0 Å². The summed E-state index contributed by atoms with van der Waals surface area (Å²) < 4.78 is 5.88. The Hall–Kier alpha value is -0.790. The first kappa shape index (κ1) is 13.3. The van der Waals surface area contributed by atoms with Crippen molar-refractivity contribution in [3.05, 3.63) is 11.3 Å². The van der Waals surface area contributed by atoms with Gasteiger partial charge >= 0.3 is 0 Å². The fourth-order valence-electron chi connectivity index (χ4n) is 2.12. The zero-order valence-electron chi connectivity index (χ0n) is 11.4. The van der Waals surface area contributed by atoms with Gasteiger partial charge in [0.15, 0.2) is 6.10 Å². The first-order chi connectivity index (χ1) is 7.29. The highest BCUT2D eigenvalue weighted by Crippen LogP contribution is 2.39. The molecule has 0 radical (unpaired) electrons.